The Kier molecular flexibility index (Phi) is 3.06. The molecule has 0 aromatic carbocycles. The van der Waals surface area contributed by atoms with Gasteiger partial charge in [-0.2, -0.15) is 0 Å². The van der Waals surface area contributed by atoms with E-state index in [1.807, 2.05) is 13.8 Å². The summed E-state index contributed by atoms with van der Waals surface area (Å²) in [6.07, 6.45) is 2.28. The second-order valence-corrected chi connectivity index (χ2v) is 3.49. The summed E-state index contributed by atoms with van der Waals surface area (Å²) in [5, 5.41) is 9.00. The molecule has 0 aliphatic carbocycles. The van der Waals surface area contributed by atoms with Crippen LogP contribution in [0.1, 0.15) is 30.4 Å². The number of hydrogen-bond acceptors (Lipinski definition) is 2. The summed E-state index contributed by atoms with van der Waals surface area (Å²) >= 11 is 0. The Morgan fingerprint density at radius 2 is 2.21 bits per heavy atom. The summed E-state index contributed by atoms with van der Waals surface area (Å²) in [6.45, 7) is 3.63. The van der Waals surface area contributed by atoms with Crippen LogP contribution in [0, 0.1) is 5.92 Å². The first-order valence-corrected chi connectivity index (χ1v) is 4.42. The molecule has 0 saturated carbocycles. The van der Waals surface area contributed by atoms with Crippen LogP contribution in [0.3, 0.4) is 0 Å². The van der Waals surface area contributed by atoms with E-state index < -0.39 is 12.0 Å². The molecule has 0 spiro atoms. The predicted octanol–water partition coefficient (Wildman–Crippen LogP) is 1.58. The maximum Gasteiger partial charge on any atom is 0.326 e. The maximum absolute atomic E-state index is 11.0. The highest BCUT2D eigenvalue weighted by Gasteiger charge is 2.24. The molecule has 76 valence electrons. The molecular weight excluding hydrogens is 182 g/mol. The van der Waals surface area contributed by atoms with Gasteiger partial charge in [-0.1, -0.05) is 13.8 Å². The quantitative estimate of drug-likeness (QED) is 0.742. The van der Waals surface area contributed by atoms with Crippen LogP contribution in [-0.2, 0) is 4.79 Å². The zero-order valence-electron chi connectivity index (χ0n) is 8.18. The van der Waals surface area contributed by atoms with Gasteiger partial charge in [0.2, 0.25) is 0 Å². The van der Waals surface area contributed by atoms with Gasteiger partial charge in [-0.15, -0.1) is 0 Å². The van der Waals surface area contributed by atoms with Gasteiger partial charge >= 0.3 is 5.97 Å². The van der Waals surface area contributed by atoms with Gasteiger partial charge < -0.3 is 9.67 Å². The second kappa shape index (κ2) is 4.09. The molecule has 0 aliphatic heterocycles. The molecule has 0 amide bonds. The summed E-state index contributed by atoms with van der Waals surface area (Å²) in [5.41, 5.74) is 0.395. The van der Waals surface area contributed by atoms with Crippen LogP contribution in [0.15, 0.2) is 18.3 Å². The minimum Gasteiger partial charge on any atom is -0.480 e. The Morgan fingerprint density at radius 3 is 2.64 bits per heavy atom. The number of nitrogens with zero attached hydrogens (tertiary/aromatic N) is 1. The summed E-state index contributed by atoms with van der Waals surface area (Å²) in [6, 6.07) is 2.60. The van der Waals surface area contributed by atoms with Crippen molar-refractivity contribution in [3.05, 3.63) is 24.0 Å². The number of carbonyl (C=O) groups excluding carboxylic acids is 1. The summed E-state index contributed by atoms with van der Waals surface area (Å²) < 4.78 is 1.49. The van der Waals surface area contributed by atoms with Crippen molar-refractivity contribution in [3.8, 4) is 0 Å². The van der Waals surface area contributed by atoms with Crippen molar-refractivity contribution in [3.63, 3.8) is 0 Å². The van der Waals surface area contributed by atoms with E-state index in [4.69, 9.17) is 5.11 Å². The number of carbonyl (C=O) groups is 2. The molecule has 1 aromatic rings. The van der Waals surface area contributed by atoms with Gasteiger partial charge in [-0.3, -0.25) is 4.79 Å². The highest BCUT2D eigenvalue weighted by Crippen LogP contribution is 2.19. The molecule has 1 atom stereocenters. The highest BCUT2D eigenvalue weighted by molar-refractivity contribution is 5.77. The van der Waals surface area contributed by atoms with Crippen molar-refractivity contribution in [1.29, 1.82) is 0 Å². The van der Waals surface area contributed by atoms with Gasteiger partial charge in [-0.05, 0) is 18.1 Å². The number of carboxylic acids is 1. The third-order valence-electron chi connectivity index (χ3n) is 2.12. The summed E-state index contributed by atoms with van der Waals surface area (Å²) in [7, 11) is 0. The molecule has 1 heterocycles. The SMILES string of the molecule is CC(C)[C@H](C(=O)O)n1cccc1C=O. The minimum atomic E-state index is -0.917. The normalized spacial score (nSPS) is 12.8. The van der Waals surface area contributed by atoms with Crippen molar-refractivity contribution >= 4 is 12.3 Å². The first kappa shape index (κ1) is 10.5. The Morgan fingerprint density at radius 1 is 1.57 bits per heavy atom. The Bertz CT molecular complexity index is 341. The first-order chi connectivity index (χ1) is 6.57. The second-order valence-electron chi connectivity index (χ2n) is 3.49. The molecule has 0 fully saturated rings. The Balaban J connectivity index is 3.11. The molecular formula is C10H13NO3. The molecule has 4 heteroatoms. The average Bonchev–Trinajstić information content (AvgIpc) is 2.51. The van der Waals surface area contributed by atoms with Gasteiger partial charge in [0, 0.05) is 6.20 Å². The summed E-state index contributed by atoms with van der Waals surface area (Å²) in [4.78, 5) is 21.6. The van der Waals surface area contributed by atoms with Crippen LogP contribution in [-0.4, -0.2) is 21.9 Å². The fourth-order valence-electron chi connectivity index (χ4n) is 1.49. The fourth-order valence-corrected chi connectivity index (χ4v) is 1.49. The van der Waals surface area contributed by atoms with E-state index in [2.05, 4.69) is 0 Å². The van der Waals surface area contributed by atoms with E-state index in [1.54, 1.807) is 18.3 Å². The molecule has 1 N–H and O–H groups in total. The lowest BCUT2D eigenvalue weighted by Crippen LogP contribution is -2.24. The third kappa shape index (κ3) is 1.84. The number of hydrogen-bond donors (Lipinski definition) is 1. The number of aliphatic carboxylic acids is 1. The molecule has 0 bridgehead atoms. The Hall–Kier alpha value is -1.58. The van der Waals surface area contributed by atoms with Crippen molar-refractivity contribution in [2.45, 2.75) is 19.9 Å². The topological polar surface area (TPSA) is 59.3 Å². The molecule has 4 nitrogen and oxygen atoms in total. The van der Waals surface area contributed by atoms with E-state index in [-0.39, 0.29) is 5.92 Å². The van der Waals surface area contributed by atoms with Gasteiger partial charge in [-0.25, -0.2) is 4.79 Å². The van der Waals surface area contributed by atoms with Gasteiger partial charge in [0.15, 0.2) is 6.29 Å². The van der Waals surface area contributed by atoms with Crippen molar-refractivity contribution in [1.82, 2.24) is 4.57 Å². The first-order valence-electron chi connectivity index (χ1n) is 4.42. The molecule has 0 unspecified atom stereocenters. The van der Waals surface area contributed by atoms with E-state index in [1.165, 1.54) is 4.57 Å². The lowest BCUT2D eigenvalue weighted by molar-refractivity contribution is -0.142. The Labute approximate surface area is 82.2 Å². The molecule has 1 aromatic heterocycles. The number of aldehydes is 1. The van der Waals surface area contributed by atoms with Crippen LogP contribution in [0.5, 0.6) is 0 Å². The van der Waals surface area contributed by atoms with E-state index >= 15 is 0 Å². The molecule has 0 saturated heterocycles. The number of carboxylic acid groups (broad SMARTS) is 1. The third-order valence-corrected chi connectivity index (χ3v) is 2.12. The van der Waals surface area contributed by atoms with Crippen LogP contribution in [0.4, 0.5) is 0 Å². The monoisotopic (exact) mass is 195 g/mol. The zero-order chi connectivity index (χ0) is 10.7. The van der Waals surface area contributed by atoms with Crippen molar-refractivity contribution in [2.75, 3.05) is 0 Å². The minimum absolute atomic E-state index is 0.0569. The van der Waals surface area contributed by atoms with Crippen LogP contribution < -0.4 is 0 Å². The predicted molar refractivity (Wildman–Crippen MR) is 51.3 cm³/mol. The fraction of sp³-hybridized carbons (Fsp3) is 0.400. The van der Waals surface area contributed by atoms with E-state index in [0.717, 1.165) is 0 Å². The summed E-state index contributed by atoms with van der Waals surface area (Å²) in [5.74, 6) is -0.974. The lowest BCUT2D eigenvalue weighted by Gasteiger charge is -2.19. The van der Waals surface area contributed by atoms with E-state index in [9.17, 15) is 9.59 Å². The zero-order valence-corrected chi connectivity index (χ0v) is 8.18. The number of aromatic nitrogens is 1. The van der Waals surface area contributed by atoms with Gasteiger partial charge in [0.05, 0.1) is 5.69 Å². The number of rotatable bonds is 4. The van der Waals surface area contributed by atoms with Crippen molar-refractivity contribution in [2.24, 2.45) is 5.92 Å². The largest absolute Gasteiger partial charge is 0.480 e. The van der Waals surface area contributed by atoms with Crippen LogP contribution >= 0.6 is 0 Å². The van der Waals surface area contributed by atoms with Gasteiger partial charge in [0.25, 0.3) is 0 Å². The molecule has 1 rings (SSSR count). The van der Waals surface area contributed by atoms with Crippen LogP contribution in [0.25, 0.3) is 0 Å². The standard InChI is InChI=1S/C10H13NO3/c1-7(2)9(10(13)14)11-5-3-4-8(11)6-12/h3-7,9H,1-2H3,(H,13,14)/t9-/m1/s1. The van der Waals surface area contributed by atoms with Gasteiger partial charge in [0.1, 0.15) is 6.04 Å². The highest BCUT2D eigenvalue weighted by atomic mass is 16.4. The molecule has 14 heavy (non-hydrogen) atoms. The average molecular weight is 195 g/mol. The van der Waals surface area contributed by atoms with Crippen molar-refractivity contribution < 1.29 is 14.7 Å². The van der Waals surface area contributed by atoms with E-state index in [0.29, 0.717) is 12.0 Å². The molecule has 0 radical (unpaired) electrons. The van der Waals surface area contributed by atoms with Crippen LogP contribution in [0.2, 0.25) is 0 Å². The smallest absolute Gasteiger partial charge is 0.326 e. The lowest BCUT2D eigenvalue weighted by atomic mass is 10.0. The maximum atomic E-state index is 11.0. The molecule has 0 aliphatic rings.